The van der Waals surface area contributed by atoms with Crippen LogP contribution < -0.4 is 11.1 Å². The van der Waals surface area contributed by atoms with Gasteiger partial charge in [-0.25, -0.2) is 4.98 Å². The number of fused-ring (bicyclic) bond motifs is 1. The average molecular weight is 301 g/mol. The molecule has 0 saturated heterocycles. The molecule has 0 amide bonds. The van der Waals surface area contributed by atoms with Crippen LogP contribution in [0.5, 0.6) is 0 Å². The van der Waals surface area contributed by atoms with Crippen molar-refractivity contribution >= 4 is 50.2 Å². The van der Waals surface area contributed by atoms with E-state index in [1.807, 2.05) is 12.1 Å². The number of nitrogens with one attached hydrogen (secondary N) is 1. The van der Waals surface area contributed by atoms with Crippen LogP contribution in [0.25, 0.3) is 10.2 Å². The van der Waals surface area contributed by atoms with Crippen LogP contribution in [-0.2, 0) is 0 Å². The van der Waals surface area contributed by atoms with Gasteiger partial charge in [0, 0.05) is 5.02 Å². The minimum absolute atomic E-state index is 0.507. The third-order valence-corrected chi connectivity index (χ3v) is 3.94. The predicted molar refractivity (Wildman–Crippen MR) is 83.5 cm³/mol. The van der Waals surface area contributed by atoms with Crippen molar-refractivity contribution in [2.24, 2.45) is 0 Å². The molecule has 0 saturated carbocycles. The lowest BCUT2D eigenvalue weighted by molar-refractivity contribution is 1.46. The molecule has 0 bridgehead atoms. The fourth-order valence-electron chi connectivity index (χ4n) is 1.92. The van der Waals surface area contributed by atoms with Crippen molar-refractivity contribution in [3.05, 3.63) is 46.4 Å². The Kier molecular flexibility index (Phi) is 3.18. The number of thiazole rings is 1. The summed E-state index contributed by atoms with van der Waals surface area (Å²) in [4.78, 5) is 4.24. The van der Waals surface area contributed by atoms with E-state index >= 15 is 0 Å². The van der Waals surface area contributed by atoms with Crippen molar-refractivity contribution < 1.29 is 0 Å². The van der Waals surface area contributed by atoms with Crippen molar-refractivity contribution in [1.82, 2.24) is 4.98 Å². The summed E-state index contributed by atoms with van der Waals surface area (Å²) in [6, 6.07) is 11.0. The third kappa shape index (κ3) is 2.16. The normalized spacial score (nSPS) is 10.4. The van der Waals surface area contributed by atoms with Crippen molar-refractivity contribution in [2.75, 3.05) is 11.1 Å². The zero-order valence-corrected chi connectivity index (χ0v) is 11.8. The summed E-state index contributed by atoms with van der Waals surface area (Å²) < 4.78 is 1.03. The van der Waals surface area contributed by atoms with Gasteiger partial charge in [-0.1, -0.05) is 11.6 Å². The lowest BCUT2D eigenvalue weighted by Crippen LogP contribution is -1.98. The summed E-state index contributed by atoms with van der Waals surface area (Å²) in [6.45, 7) is 0. The molecule has 3 N–H and O–H groups in total. The summed E-state index contributed by atoms with van der Waals surface area (Å²) >= 11 is 7.50. The van der Waals surface area contributed by atoms with Crippen LogP contribution in [0.3, 0.4) is 0 Å². The Morgan fingerprint density at radius 2 is 2.10 bits per heavy atom. The van der Waals surface area contributed by atoms with Gasteiger partial charge in [-0.05, 0) is 30.3 Å². The van der Waals surface area contributed by atoms with Gasteiger partial charge in [-0.15, -0.1) is 11.3 Å². The first-order valence-electron chi connectivity index (χ1n) is 5.77. The number of nitrogen functional groups attached to an aromatic ring is 1. The van der Waals surface area contributed by atoms with Gasteiger partial charge in [-0.2, -0.15) is 5.26 Å². The summed E-state index contributed by atoms with van der Waals surface area (Å²) in [5.41, 5.74) is 11.0. The maximum atomic E-state index is 9.12. The summed E-state index contributed by atoms with van der Waals surface area (Å²) in [5, 5.41) is 12.8. The third-order valence-electron chi connectivity index (χ3n) is 2.91. The molecule has 4 nitrogen and oxygen atoms in total. The molecule has 1 aromatic heterocycles. The van der Waals surface area contributed by atoms with Gasteiger partial charge in [0.1, 0.15) is 11.6 Å². The molecule has 6 heteroatoms. The zero-order chi connectivity index (χ0) is 14.1. The molecule has 1 heterocycles. The van der Waals surface area contributed by atoms with E-state index < -0.39 is 0 Å². The first kappa shape index (κ1) is 12.7. The van der Waals surface area contributed by atoms with Gasteiger partial charge in [-0.3, -0.25) is 0 Å². The first-order valence-corrected chi connectivity index (χ1v) is 7.03. The van der Waals surface area contributed by atoms with Crippen LogP contribution in [0.1, 0.15) is 5.56 Å². The van der Waals surface area contributed by atoms with Crippen LogP contribution >= 0.6 is 22.9 Å². The van der Waals surface area contributed by atoms with E-state index in [-0.39, 0.29) is 0 Å². The Bertz CT molecular complexity index is 835. The molecule has 0 radical (unpaired) electrons. The minimum Gasteiger partial charge on any atom is -0.395 e. The number of hydrogen-bond donors (Lipinski definition) is 2. The van der Waals surface area contributed by atoms with Crippen molar-refractivity contribution in [2.45, 2.75) is 0 Å². The van der Waals surface area contributed by atoms with Crippen molar-refractivity contribution in [3.63, 3.8) is 0 Å². The SMILES string of the molecule is N#Cc1ccc(Cl)cc1Nc1ccc2scnc2c1N. The van der Waals surface area contributed by atoms with E-state index in [1.165, 1.54) is 11.3 Å². The summed E-state index contributed by atoms with van der Waals surface area (Å²) in [5.74, 6) is 0. The van der Waals surface area contributed by atoms with Crippen LogP contribution in [0.15, 0.2) is 35.8 Å². The largest absolute Gasteiger partial charge is 0.395 e. The molecular formula is C14H9ClN4S. The predicted octanol–water partition coefficient (Wildman–Crippen LogP) is 4.15. The van der Waals surface area contributed by atoms with E-state index in [0.717, 1.165) is 10.2 Å². The van der Waals surface area contributed by atoms with Gasteiger partial charge < -0.3 is 11.1 Å². The Morgan fingerprint density at radius 1 is 1.25 bits per heavy atom. The molecule has 0 unspecified atom stereocenters. The molecular weight excluding hydrogens is 292 g/mol. The van der Waals surface area contributed by atoms with Gasteiger partial charge in [0.05, 0.1) is 32.8 Å². The molecule has 0 spiro atoms. The van der Waals surface area contributed by atoms with Crippen LogP contribution in [0, 0.1) is 11.3 Å². The molecule has 20 heavy (non-hydrogen) atoms. The number of hydrogen-bond acceptors (Lipinski definition) is 5. The Morgan fingerprint density at radius 3 is 2.90 bits per heavy atom. The minimum atomic E-state index is 0.507. The number of benzene rings is 2. The summed E-state index contributed by atoms with van der Waals surface area (Å²) in [6.07, 6.45) is 0. The van der Waals surface area contributed by atoms with E-state index in [4.69, 9.17) is 22.6 Å². The number of rotatable bonds is 2. The number of nitrogens with zero attached hydrogens (tertiary/aromatic N) is 2. The highest BCUT2D eigenvalue weighted by molar-refractivity contribution is 7.16. The molecule has 0 aliphatic rings. The molecule has 3 aromatic rings. The van der Waals surface area contributed by atoms with E-state index in [0.29, 0.717) is 27.6 Å². The molecule has 98 valence electrons. The lowest BCUT2D eigenvalue weighted by Gasteiger charge is -2.11. The van der Waals surface area contributed by atoms with Crippen molar-refractivity contribution in [3.8, 4) is 6.07 Å². The molecule has 0 aliphatic carbocycles. The highest BCUT2D eigenvalue weighted by atomic mass is 35.5. The molecule has 2 aromatic carbocycles. The summed E-state index contributed by atoms with van der Waals surface area (Å²) in [7, 11) is 0. The fraction of sp³-hybridized carbons (Fsp3) is 0. The monoisotopic (exact) mass is 300 g/mol. The number of aromatic nitrogens is 1. The zero-order valence-electron chi connectivity index (χ0n) is 10.2. The molecule has 0 aliphatic heterocycles. The van der Waals surface area contributed by atoms with Crippen molar-refractivity contribution in [1.29, 1.82) is 5.26 Å². The Labute approximate surface area is 124 Å². The van der Waals surface area contributed by atoms with Gasteiger partial charge in [0.2, 0.25) is 0 Å². The van der Waals surface area contributed by atoms with E-state index in [1.54, 1.807) is 23.7 Å². The molecule has 0 fully saturated rings. The maximum Gasteiger partial charge on any atom is 0.106 e. The maximum absolute atomic E-state index is 9.12. The smallest absolute Gasteiger partial charge is 0.106 e. The second-order valence-corrected chi connectivity index (χ2v) is 5.48. The highest BCUT2D eigenvalue weighted by Gasteiger charge is 2.09. The number of halogens is 1. The quantitative estimate of drug-likeness (QED) is 0.697. The lowest BCUT2D eigenvalue weighted by atomic mass is 10.1. The van der Waals surface area contributed by atoms with E-state index in [2.05, 4.69) is 16.4 Å². The Hall–Kier alpha value is -2.29. The Balaban J connectivity index is 2.07. The van der Waals surface area contributed by atoms with E-state index in [9.17, 15) is 0 Å². The second-order valence-electron chi connectivity index (χ2n) is 4.15. The van der Waals surface area contributed by atoms with Crippen LogP contribution in [0.4, 0.5) is 17.1 Å². The topological polar surface area (TPSA) is 74.7 Å². The standard InChI is InChI=1S/C14H9ClN4S/c15-9-2-1-8(6-16)11(5-9)19-10-3-4-12-14(13(10)17)18-7-20-12/h1-5,7,19H,17H2. The number of anilines is 3. The molecule has 0 atom stereocenters. The van der Waals surface area contributed by atoms with Gasteiger partial charge >= 0.3 is 0 Å². The first-order chi connectivity index (χ1) is 9.69. The van der Waals surface area contributed by atoms with Gasteiger partial charge in [0.15, 0.2) is 0 Å². The second kappa shape index (κ2) is 5.00. The van der Waals surface area contributed by atoms with Gasteiger partial charge in [0.25, 0.3) is 0 Å². The molecule has 3 rings (SSSR count). The van der Waals surface area contributed by atoms with Crippen LogP contribution in [0.2, 0.25) is 5.02 Å². The number of nitriles is 1. The fourth-order valence-corrected chi connectivity index (χ4v) is 2.79. The average Bonchev–Trinajstić information content (AvgIpc) is 2.91. The van der Waals surface area contributed by atoms with Crippen LogP contribution in [-0.4, -0.2) is 4.98 Å². The number of nitrogens with two attached hydrogens (primary N) is 1. The highest BCUT2D eigenvalue weighted by Crippen LogP contribution is 2.33.